The zero-order chi connectivity index (χ0) is 9.30. The molecule has 66 valence electrons. The van der Waals surface area contributed by atoms with Crippen LogP contribution in [-0.2, 0) is 0 Å². The van der Waals surface area contributed by atoms with Gasteiger partial charge in [-0.2, -0.15) is 0 Å². The molecule has 1 aromatic rings. The molecule has 0 aliphatic rings. The van der Waals surface area contributed by atoms with Crippen LogP contribution >= 0.6 is 45.8 Å². The van der Waals surface area contributed by atoms with Gasteiger partial charge in [-0.25, -0.2) is 13.8 Å². The van der Waals surface area contributed by atoms with Crippen molar-refractivity contribution in [1.82, 2.24) is 4.98 Å². The van der Waals surface area contributed by atoms with E-state index in [0.717, 1.165) is 6.07 Å². The van der Waals surface area contributed by atoms with E-state index in [9.17, 15) is 8.78 Å². The Morgan fingerprint density at radius 3 is 2.50 bits per heavy atom. The van der Waals surface area contributed by atoms with Crippen LogP contribution in [0.4, 0.5) is 8.78 Å². The van der Waals surface area contributed by atoms with Crippen molar-refractivity contribution in [2.75, 3.05) is 0 Å². The van der Waals surface area contributed by atoms with Crippen LogP contribution in [0.25, 0.3) is 0 Å². The first-order chi connectivity index (χ1) is 5.52. The molecule has 0 bridgehead atoms. The fraction of sp³-hybridized carbons (Fsp3) is 0.167. The summed E-state index contributed by atoms with van der Waals surface area (Å²) in [4.78, 5) is 3.63. The van der Waals surface area contributed by atoms with Crippen molar-refractivity contribution in [1.29, 1.82) is 0 Å². The summed E-state index contributed by atoms with van der Waals surface area (Å²) in [5.41, 5.74) is -0.331. The zero-order valence-corrected chi connectivity index (χ0v) is 9.16. The third kappa shape index (κ3) is 2.17. The van der Waals surface area contributed by atoms with Gasteiger partial charge < -0.3 is 0 Å². The highest BCUT2D eigenvalue weighted by atomic mass is 127. The quantitative estimate of drug-likeness (QED) is 0.563. The van der Waals surface area contributed by atoms with Gasteiger partial charge in [0.25, 0.3) is 6.43 Å². The number of hydrogen-bond acceptors (Lipinski definition) is 1. The maximum atomic E-state index is 12.2. The lowest BCUT2D eigenvalue weighted by Crippen LogP contribution is -1.92. The molecule has 0 aliphatic carbocycles. The minimum Gasteiger partial charge on any atom is -0.228 e. The fourth-order valence-corrected chi connectivity index (χ4v) is 1.53. The Morgan fingerprint density at radius 2 is 2.00 bits per heavy atom. The number of pyridine rings is 1. The van der Waals surface area contributed by atoms with Crippen LogP contribution in [0.15, 0.2) is 6.07 Å². The molecule has 0 aliphatic heterocycles. The second kappa shape index (κ2) is 4.02. The van der Waals surface area contributed by atoms with Gasteiger partial charge in [0, 0.05) is 0 Å². The van der Waals surface area contributed by atoms with Crippen LogP contribution in [0.2, 0.25) is 10.2 Å². The van der Waals surface area contributed by atoms with Gasteiger partial charge in [0.1, 0.15) is 8.85 Å². The molecule has 0 spiro atoms. The minimum absolute atomic E-state index is 0.190. The Labute approximate surface area is 91.2 Å². The van der Waals surface area contributed by atoms with E-state index < -0.39 is 6.43 Å². The molecule has 0 fully saturated rings. The van der Waals surface area contributed by atoms with Gasteiger partial charge in [0.2, 0.25) is 0 Å². The predicted octanol–water partition coefficient (Wildman–Crippen LogP) is 3.93. The molecule has 0 aromatic carbocycles. The molecule has 0 N–H and O–H groups in total. The van der Waals surface area contributed by atoms with Gasteiger partial charge in [0.15, 0.2) is 0 Å². The van der Waals surface area contributed by atoms with Crippen molar-refractivity contribution in [2.45, 2.75) is 6.43 Å². The lowest BCUT2D eigenvalue weighted by molar-refractivity contribution is 0.151. The third-order valence-corrected chi connectivity index (χ3v) is 2.88. The Morgan fingerprint density at radius 1 is 1.42 bits per heavy atom. The first-order valence-corrected chi connectivity index (χ1v) is 4.65. The zero-order valence-electron chi connectivity index (χ0n) is 5.49. The van der Waals surface area contributed by atoms with Gasteiger partial charge in [0.05, 0.1) is 10.6 Å². The standard InChI is InChI=1S/C6H2Cl2F2IN/c7-3-1-2(5(9)10)4(8)12-6(3)11/h1,5H. The van der Waals surface area contributed by atoms with Gasteiger partial charge in [-0.15, -0.1) is 0 Å². The van der Waals surface area contributed by atoms with Crippen molar-refractivity contribution >= 4 is 45.8 Å². The van der Waals surface area contributed by atoms with E-state index in [-0.39, 0.29) is 15.7 Å². The maximum Gasteiger partial charge on any atom is 0.266 e. The van der Waals surface area contributed by atoms with Gasteiger partial charge in [-0.1, -0.05) is 23.2 Å². The van der Waals surface area contributed by atoms with Gasteiger partial charge in [-0.3, -0.25) is 0 Å². The summed E-state index contributed by atoms with van der Waals surface area (Å²) in [6, 6.07) is 1.13. The topological polar surface area (TPSA) is 12.9 Å². The van der Waals surface area contributed by atoms with Crippen LogP contribution in [0.1, 0.15) is 12.0 Å². The lowest BCUT2D eigenvalue weighted by Gasteiger charge is -2.03. The normalized spacial score (nSPS) is 10.8. The molecule has 0 unspecified atom stereocenters. The minimum atomic E-state index is -2.64. The Bertz CT molecular complexity index is 306. The molecule has 0 amide bonds. The highest BCUT2D eigenvalue weighted by Crippen LogP contribution is 2.29. The molecule has 6 heteroatoms. The molecule has 1 rings (SSSR count). The molecule has 1 heterocycles. The van der Waals surface area contributed by atoms with E-state index in [1.807, 2.05) is 22.6 Å². The van der Waals surface area contributed by atoms with Crippen LogP contribution in [0.3, 0.4) is 0 Å². The smallest absolute Gasteiger partial charge is 0.228 e. The van der Waals surface area contributed by atoms with Crippen LogP contribution < -0.4 is 0 Å². The second-order valence-corrected chi connectivity index (χ2v) is 3.73. The van der Waals surface area contributed by atoms with Crippen molar-refractivity contribution < 1.29 is 8.78 Å². The van der Waals surface area contributed by atoms with Crippen molar-refractivity contribution in [3.63, 3.8) is 0 Å². The maximum absolute atomic E-state index is 12.2. The summed E-state index contributed by atoms with van der Waals surface area (Å²) in [6.45, 7) is 0. The molecule has 12 heavy (non-hydrogen) atoms. The second-order valence-electron chi connectivity index (χ2n) is 1.94. The number of nitrogens with zero attached hydrogens (tertiary/aromatic N) is 1. The molecule has 1 nitrogen and oxygen atoms in total. The largest absolute Gasteiger partial charge is 0.266 e. The van der Waals surface area contributed by atoms with Crippen molar-refractivity contribution in [2.24, 2.45) is 0 Å². The van der Waals surface area contributed by atoms with E-state index in [1.54, 1.807) is 0 Å². The summed E-state index contributed by atoms with van der Waals surface area (Å²) in [7, 11) is 0. The summed E-state index contributed by atoms with van der Waals surface area (Å²) in [6.07, 6.45) is -2.64. The number of aromatic nitrogens is 1. The van der Waals surface area contributed by atoms with E-state index in [4.69, 9.17) is 23.2 Å². The summed E-state index contributed by atoms with van der Waals surface area (Å²) >= 11 is 12.8. The van der Waals surface area contributed by atoms with Crippen LogP contribution in [-0.4, -0.2) is 4.98 Å². The molecule has 0 atom stereocenters. The molecular weight excluding hydrogens is 322 g/mol. The number of hydrogen-bond donors (Lipinski definition) is 0. The first kappa shape index (κ1) is 10.4. The highest BCUT2D eigenvalue weighted by Gasteiger charge is 2.15. The van der Waals surface area contributed by atoms with Crippen LogP contribution in [0.5, 0.6) is 0 Å². The molecule has 0 saturated heterocycles. The average Bonchev–Trinajstić information content (AvgIpc) is 1.96. The van der Waals surface area contributed by atoms with E-state index in [0.29, 0.717) is 3.70 Å². The molecule has 1 aromatic heterocycles. The molecule has 0 saturated carbocycles. The highest BCUT2D eigenvalue weighted by molar-refractivity contribution is 14.1. The third-order valence-electron chi connectivity index (χ3n) is 1.15. The van der Waals surface area contributed by atoms with E-state index in [2.05, 4.69) is 4.98 Å². The van der Waals surface area contributed by atoms with Crippen molar-refractivity contribution in [3.05, 3.63) is 25.5 Å². The number of rotatable bonds is 1. The number of halogens is 5. The average molecular weight is 324 g/mol. The first-order valence-electron chi connectivity index (χ1n) is 2.82. The summed E-state index contributed by atoms with van der Waals surface area (Å²) in [5, 5.41) is -0.00546. The number of alkyl halides is 2. The Balaban J connectivity index is 3.23. The van der Waals surface area contributed by atoms with E-state index >= 15 is 0 Å². The SMILES string of the molecule is FC(F)c1cc(Cl)c(I)nc1Cl. The van der Waals surface area contributed by atoms with Crippen LogP contribution in [0, 0.1) is 3.70 Å². The summed E-state index contributed by atoms with van der Waals surface area (Å²) in [5.74, 6) is 0. The lowest BCUT2D eigenvalue weighted by atomic mass is 10.3. The summed E-state index contributed by atoms with van der Waals surface area (Å²) < 4.78 is 24.7. The Hall–Kier alpha value is 0.320. The Kier molecular flexibility index (Phi) is 3.48. The van der Waals surface area contributed by atoms with Crippen molar-refractivity contribution in [3.8, 4) is 0 Å². The predicted molar refractivity (Wildman–Crippen MR) is 51.9 cm³/mol. The van der Waals surface area contributed by atoms with Gasteiger partial charge in [-0.05, 0) is 28.7 Å². The fourth-order valence-electron chi connectivity index (χ4n) is 0.613. The monoisotopic (exact) mass is 323 g/mol. The molecule has 0 radical (unpaired) electrons. The van der Waals surface area contributed by atoms with E-state index in [1.165, 1.54) is 0 Å². The molecular formula is C6H2Cl2F2IN. The van der Waals surface area contributed by atoms with Gasteiger partial charge >= 0.3 is 0 Å².